The van der Waals surface area contributed by atoms with E-state index in [1.54, 1.807) is 4.90 Å². The molecule has 0 aromatic heterocycles. The van der Waals surface area contributed by atoms with Crippen LogP contribution in [0.2, 0.25) is 0 Å². The van der Waals surface area contributed by atoms with Gasteiger partial charge in [0.15, 0.2) is 0 Å². The number of amides is 1. The molecular formula is C14H19NO2. The average molecular weight is 233 g/mol. The third kappa shape index (κ3) is 2.20. The molecule has 1 aromatic rings. The zero-order valence-electron chi connectivity index (χ0n) is 10.7. The molecule has 1 fully saturated rings. The Morgan fingerprint density at radius 3 is 2.35 bits per heavy atom. The van der Waals surface area contributed by atoms with Crippen molar-refractivity contribution in [2.45, 2.75) is 27.2 Å². The van der Waals surface area contributed by atoms with Crippen molar-refractivity contribution in [2.24, 2.45) is 5.92 Å². The van der Waals surface area contributed by atoms with Crippen LogP contribution < -0.4 is 4.90 Å². The molecule has 0 spiro atoms. The first kappa shape index (κ1) is 12.1. The molecule has 92 valence electrons. The Kier molecular flexibility index (Phi) is 3.20. The van der Waals surface area contributed by atoms with Crippen LogP contribution in [-0.4, -0.2) is 24.2 Å². The van der Waals surface area contributed by atoms with Gasteiger partial charge in [0.25, 0.3) is 0 Å². The van der Waals surface area contributed by atoms with Crippen molar-refractivity contribution in [1.82, 2.24) is 0 Å². The molecule has 1 amide bonds. The predicted molar refractivity (Wildman–Crippen MR) is 68.2 cm³/mol. The van der Waals surface area contributed by atoms with Crippen molar-refractivity contribution >= 4 is 11.6 Å². The lowest BCUT2D eigenvalue weighted by Gasteiger charge is -2.19. The fourth-order valence-electron chi connectivity index (χ4n) is 2.32. The first-order valence-corrected chi connectivity index (χ1v) is 6.02. The van der Waals surface area contributed by atoms with Gasteiger partial charge < -0.3 is 10.0 Å². The lowest BCUT2D eigenvalue weighted by Crippen LogP contribution is -2.25. The maximum Gasteiger partial charge on any atom is 0.227 e. The predicted octanol–water partition coefficient (Wildman–Crippen LogP) is 1.96. The molecule has 3 heteroatoms. The minimum absolute atomic E-state index is 0.0874. The second-order valence-corrected chi connectivity index (χ2v) is 4.96. The van der Waals surface area contributed by atoms with Crippen molar-refractivity contribution in [1.29, 1.82) is 0 Å². The van der Waals surface area contributed by atoms with Crippen LogP contribution in [0.25, 0.3) is 0 Å². The van der Waals surface area contributed by atoms with Crippen LogP contribution in [0, 0.1) is 26.7 Å². The van der Waals surface area contributed by atoms with Gasteiger partial charge in [0.05, 0.1) is 0 Å². The summed E-state index contributed by atoms with van der Waals surface area (Å²) in [4.78, 5) is 13.7. The van der Waals surface area contributed by atoms with Gasteiger partial charge in [0, 0.05) is 31.2 Å². The summed E-state index contributed by atoms with van der Waals surface area (Å²) >= 11 is 0. The molecule has 1 aliphatic heterocycles. The van der Waals surface area contributed by atoms with E-state index in [9.17, 15) is 4.79 Å². The number of nitrogens with zero attached hydrogens (tertiary/aromatic N) is 1. The Balaban J connectivity index is 2.32. The molecule has 0 saturated carbocycles. The van der Waals surface area contributed by atoms with E-state index < -0.39 is 0 Å². The second kappa shape index (κ2) is 4.49. The van der Waals surface area contributed by atoms with E-state index in [0.717, 1.165) is 5.69 Å². The molecule has 3 nitrogen and oxygen atoms in total. The summed E-state index contributed by atoms with van der Waals surface area (Å²) in [5, 5.41) is 9.12. The summed E-state index contributed by atoms with van der Waals surface area (Å²) in [6, 6.07) is 4.11. The highest BCUT2D eigenvalue weighted by Crippen LogP contribution is 2.28. The van der Waals surface area contributed by atoms with Crippen LogP contribution in [0.1, 0.15) is 23.1 Å². The molecule has 1 aromatic carbocycles. The van der Waals surface area contributed by atoms with Crippen LogP contribution in [0.3, 0.4) is 0 Å². The fourth-order valence-corrected chi connectivity index (χ4v) is 2.32. The van der Waals surface area contributed by atoms with Crippen molar-refractivity contribution in [2.75, 3.05) is 18.1 Å². The van der Waals surface area contributed by atoms with Crippen molar-refractivity contribution in [3.05, 3.63) is 28.8 Å². The molecule has 0 bridgehead atoms. The van der Waals surface area contributed by atoms with Gasteiger partial charge in [-0.2, -0.15) is 0 Å². The highest BCUT2D eigenvalue weighted by atomic mass is 16.3. The van der Waals surface area contributed by atoms with E-state index in [-0.39, 0.29) is 18.4 Å². The lowest BCUT2D eigenvalue weighted by atomic mass is 10.0. The second-order valence-electron chi connectivity index (χ2n) is 4.96. The van der Waals surface area contributed by atoms with Gasteiger partial charge in [0.2, 0.25) is 5.91 Å². The summed E-state index contributed by atoms with van der Waals surface area (Å²) in [6.07, 6.45) is 0.461. The SMILES string of the molecule is Cc1cc(N2CC(CO)CC2=O)cc(C)c1C. The molecule has 1 unspecified atom stereocenters. The molecule has 17 heavy (non-hydrogen) atoms. The van der Waals surface area contributed by atoms with E-state index in [2.05, 4.69) is 32.9 Å². The summed E-state index contributed by atoms with van der Waals surface area (Å²) in [7, 11) is 0. The first-order chi connectivity index (χ1) is 8.02. The Morgan fingerprint density at radius 2 is 1.88 bits per heavy atom. The molecule has 1 N–H and O–H groups in total. The topological polar surface area (TPSA) is 40.5 Å². The zero-order chi connectivity index (χ0) is 12.6. The van der Waals surface area contributed by atoms with Gasteiger partial charge >= 0.3 is 0 Å². The normalized spacial score (nSPS) is 20.1. The number of hydrogen-bond donors (Lipinski definition) is 1. The third-order valence-electron chi connectivity index (χ3n) is 3.69. The summed E-state index contributed by atoms with van der Waals surface area (Å²) in [5.41, 5.74) is 4.66. The maximum atomic E-state index is 11.9. The zero-order valence-corrected chi connectivity index (χ0v) is 10.7. The fraction of sp³-hybridized carbons (Fsp3) is 0.500. The van der Waals surface area contributed by atoms with Crippen LogP contribution in [0.15, 0.2) is 12.1 Å². The Hall–Kier alpha value is -1.35. The van der Waals surface area contributed by atoms with Gasteiger partial charge in [-0.15, -0.1) is 0 Å². The van der Waals surface area contributed by atoms with Crippen molar-refractivity contribution < 1.29 is 9.90 Å². The molecule has 1 aliphatic rings. The van der Waals surface area contributed by atoms with Gasteiger partial charge in [-0.1, -0.05) is 0 Å². The number of carbonyl (C=O) groups excluding carboxylic acids is 1. The lowest BCUT2D eigenvalue weighted by molar-refractivity contribution is -0.117. The van der Waals surface area contributed by atoms with Crippen LogP contribution >= 0.6 is 0 Å². The molecule has 0 radical (unpaired) electrons. The minimum atomic E-state index is 0.0874. The average Bonchev–Trinajstić information content (AvgIpc) is 2.67. The van der Waals surface area contributed by atoms with Crippen LogP contribution in [0.5, 0.6) is 0 Å². The number of hydrogen-bond acceptors (Lipinski definition) is 2. The molecule has 0 aliphatic carbocycles. The summed E-state index contributed by atoms with van der Waals surface area (Å²) < 4.78 is 0. The minimum Gasteiger partial charge on any atom is -0.396 e. The van der Waals surface area contributed by atoms with E-state index >= 15 is 0 Å². The molecule has 2 rings (SSSR count). The van der Waals surface area contributed by atoms with E-state index in [0.29, 0.717) is 13.0 Å². The van der Waals surface area contributed by atoms with Gasteiger partial charge in [-0.05, 0) is 49.6 Å². The number of aliphatic hydroxyl groups is 1. The van der Waals surface area contributed by atoms with Crippen molar-refractivity contribution in [3.8, 4) is 0 Å². The first-order valence-electron chi connectivity index (χ1n) is 6.02. The van der Waals surface area contributed by atoms with E-state index in [1.807, 2.05) is 0 Å². The number of anilines is 1. The van der Waals surface area contributed by atoms with Gasteiger partial charge in [0.1, 0.15) is 0 Å². The number of aliphatic hydroxyl groups excluding tert-OH is 1. The van der Waals surface area contributed by atoms with Crippen LogP contribution in [0.4, 0.5) is 5.69 Å². The summed E-state index contributed by atoms with van der Waals surface area (Å²) in [6.45, 7) is 6.95. The Bertz CT molecular complexity index is 431. The van der Waals surface area contributed by atoms with Gasteiger partial charge in [-0.3, -0.25) is 4.79 Å². The number of carbonyl (C=O) groups is 1. The maximum absolute atomic E-state index is 11.9. The van der Waals surface area contributed by atoms with E-state index in [1.165, 1.54) is 16.7 Å². The standard InChI is InChI=1S/C14H19NO2/c1-9-4-13(5-10(2)11(9)3)15-7-12(8-16)6-14(15)17/h4-5,12,16H,6-8H2,1-3H3. The third-order valence-corrected chi connectivity index (χ3v) is 3.69. The molecule has 1 saturated heterocycles. The smallest absolute Gasteiger partial charge is 0.227 e. The quantitative estimate of drug-likeness (QED) is 0.848. The number of rotatable bonds is 2. The van der Waals surface area contributed by atoms with E-state index in [4.69, 9.17) is 5.11 Å². The Labute approximate surface area is 102 Å². The largest absolute Gasteiger partial charge is 0.396 e. The molecular weight excluding hydrogens is 214 g/mol. The van der Waals surface area contributed by atoms with Crippen molar-refractivity contribution in [3.63, 3.8) is 0 Å². The van der Waals surface area contributed by atoms with Crippen LogP contribution in [-0.2, 0) is 4.79 Å². The highest BCUT2D eigenvalue weighted by molar-refractivity contribution is 5.96. The van der Waals surface area contributed by atoms with Gasteiger partial charge in [-0.25, -0.2) is 0 Å². The Morgan fingerprint density at radius 1 is 1.29 bits per heavy atom. The number of benzene rings is 1. The molecule has 1 atom stereocenters. The highest BCUT2D eigenvalue weighted by Gasteiger charge is 2.30. The summed E-state index contributed by atoms with van der Waals surface area (Å²) in [5.74, 6) is 0.205. The monoisotopic (exact) mass is 233 g/mol. The number of aryl methyl sites for hydroxylation is 2. The molecule has 1 heterocycles.